The van der Waals surface area contributed by atoms with Gasteiger partial charge in [-0.2, -0.15) is 23.5 Å². The zero-order valence-electron chi connectivity index (χ0n) is 14.8. The molecule has 4 heterocycles. The van der Waals surface area contributed by atoms with Crippen LogP contribution >= 0.6 is 23.2 Å². The number of alkyl halides is 3. The molecule has 1 aliphatic heterocycles. The second kappa shape index (κ2) is 7.34. The summed E-state index contributed by atoms with van der Waals surface area (Å²) in [4.78, 5) is 15.8. The van der Waals surface area contributed by atoms with Crippen molar-refractivity contribution in [1.29, 1.82) is 5.26 Å². The number of pyridine rings is 2. The van der Waals surface area contributed by atoms with Crippen molar-refractivity contribution >= 4 is 29.4 Å². The van der Waals surface area contributed by atoms with Crippen molar-refractivity contribution in [3.63, 3.8) is 0 Å². The minimum absolute atomic E-state index is 0.153. The van der Waals surface area contributed by atoms with Crippen molar-refractivity contribution in [2.45, 2.75) is 24.1 Å². The number of hydrogen-bond donors (Lipinski definition) is 0. The van der Waals surface area contributed by atoms with E-state index in [1.807, 2.05) is 6.07 Å². The van der Waals surface area contributed by atoms with E-state index in [0.29, 0.717) is 5.69 Å². The fourth-order valence-electron chi connectivity index (χ4n) is 3.33. The van der Waals surface area contributed by atoms with E-state index in [1.165, 1.54) is 29.6 Å². The maximum absolute atomic E-state index is 14.2. The Kier molecular flexibility index (Phi) is 4.95. The van der Waals surface area contributed by atoms with Crippen molar-refractivity contribution in [3.8, 4) is 11.8 Å². The Hall–Kier alpha value is -3.03. The second-order valence-corrected chi connectivity index (χ2v) is 7.32. The van der Waals surface area contributed by atoms with Gasteiger partial charge in [0.1, 0.15) is 40.1 Å². The highest BCUT2D eigenvalue weighted by Gasteiger charge is 2.58. The maximum Gasteiger partial charge on any atom is 0.403 e. The van der Waals surface area contributed by atoms with Crippen LogP contribution < -0.4 is 0 Å². The van der Waals surface area contributed by atoms with Crippen molar-refractivity contribution in [1.82, 2.24) is 24.7 Å². The summed E-state index contributed by atoms with van der Waals surface area (Å²) in [5.74, 6) is 0. The minimum atomic E-state index is -4.67. The average molecular weight is 452 g/mol. The summed E-state index contributed by atoms with van der Waals surface area (Å²) in [5, 5.41) is 13.1. The first-order valence-electron chi connectivity index (χ1n) is 8.43. The Labute approximate surface area is 177 Å². The van der Waals surface area contributed by atoms with Crippen LogP contribution in [0.25, 0.3) is 5.69 Å². The number of halogens is 5. The Bertz CT molecular complexity index is 1150. The van der Waals surface area contributed by atoms with Gasteiger partial charge in [-0.05, 0) is 30.2 Å². The zero-order valence-corrected chi connectivity index (χ0v) is 16.4. The fourth-order valence-corrected chi connectivity index (χ4v) is 3.79. The molecule has 0 saturated heterocycles. The van der Waals surface area contributed by atoms with Crippen molar-refractivity contribution in [2.24, 2.45) is 4.99 Å². The Morgan fingerprint density at radius 2 is 1.93 bits per heavy atom. The Morgan fingerprint density at radius 1 is 1.20 bits per heavy atom. The summed E-state index contributed by atoms with van der Waals surface area (Å²) in [6, 6.07) is 4.72. The Morgan fingerprint density at radius 3 is 2.53 bits per heavy atom. The molecule has 0 aliphatic carbocycles. The largest absolute Gasteiger partial charge is 0.403 e. The predicted molar refractivity (Wildman–Crippen MR) is 102 cm³/mol. The van der Waals surface area contributed by atoms with E-state index in [0.717, 1.165) is 18.3 Å². The first-order valence-corrected chi connectivity index (χ1v) is 9.19. The van der Waals surface area contributed by atoms with Gasteiger partial charge in [-0.25, -0.2) is 14.6 Å². The summed E-state index contributed by atoms with van der Waals surface area (Å²) in [5.41, 5.74) is -1.81. The van der Waals surface area contributed by atoms with E-state index in [4.69, 9.17) is 23.2 Å². The van der Waals surface area contributed by atoms with Gasteiger partial charge < -0.3 is 0 Å². The van der Waals surface area contributed by atoms with E-state index in [9.17, 15) is 18.4 Å². The maximum atomic E-state index is 14.2. The van der Waals surface area contributed by atoms with E-state index in [1.54, 1.807) is 0 Å². The molecule has 4 rings (SSSR count). The normalized spacial score (nSPS) is 21.0. The second-order valence-electron chi connectivity index (χ2n) is 6.55. The van der Waals surface area contributed by atoms with Crippen LogP contribution in [-0.4, -0.2) is 37.1 Å². The van der Waals surface area contributed by atoms with Gasteiger partial charge in [0.2, 0.25) is 0 Å². The molecule has 7 nitrogen and oxygen atoms in total. The number of rotatable bonds is 3. The molecule has 0 bridgehead atoms. The number of aromatic nitrogens is 5. The van der Waals surface area contributed by atoms with Gasteiger partial charge in [-0.15, -0.1) is 0 Å². The number of nitrogens with zero attached hydrogens (tertiary/aromatic N) is 7. The van der Waals surface area contributed by atoms with Gasteiger partial charge >= 0.3 is 6.18 Å². The van der Waals surface area contributed by atoms with E-state index in [2.05, 4.69) is 25.0 Å². The lowest BCUT2D eigenvalue weighted by atomic mass is 9.77. The molecule has 2 unspecified atom stereocenters. The third kappa shape index (κ3) is 3.40. The lowest BCUT2D eigenvalue weighted by molar-refractivity contribution is -0.168. The highest BCUT2D eigenvalue weighted by molar-refractivity contribution is 6.32. The molecule has 0 amide bonds. The third-order valence-electron chi connectivity index (χ3n) is 4.81. The molecule has 3 aromatic heterocycles. The molecule has 0 spiro atoms. The van der Waals surface area contributed by atoms with Crippen LogP contribution in [0.4, 0.5) is 13.2 Å². The first kappa shape index (κ1) is 20.3. The zero-order chi connectivity index (χ0) is 21.5. The van der Waals surface area contributed by atoms with Crippen LogP contribution in [0.15, 0.2) is 42.0 Å². The van der Waals surface area contributed by atoms with Gasteiger partial charge in [0.15, 0.2) is 0 Å². The highest BCUT2D eigenvalue weighted by atomic mass is 35.5. The van der Waals surface area contributed by atoms with E-state index in [-0.39, 0.29) is 27.1 Å². The molecule has 12 heteroatoms. The third-order valence-corrected chi connectivity index (χ3v) is 5.19. The molecular formula is C18H10Cl2F3N7. The lowest BCUT2D eigenvalue weighted by Crippen LogP contribution is -2.42. The van der Waals surface area contributed by atoms with E-state index < -0.39 is 24.1 Å². The molecule has 0 fully saturated rings. The molecule has 0 saturated carbocycles. The van der Waals surface area contributed by atoms with Gasteiger partial charge in [-0.1, -0.05) is 23.2 Å². The van der Waals surface area contributed by atoms with Crippen molar-refractivity contribution in [2.75, 3.05) is 0 Å². The quantitative estimate of drug-likeness (QED) is 0.554. The highest BCUT2D eigenvalue weighted by Crippen LogP contribution is 2.50. The Balaban J connectivity index is 1.74. The number of aliphatic imine (C=N–C) groups is 1. The van der Waals surface area contributed by atoms with Crippen LogP contribution in [0.2, 0.25) is 10.3 Å². The predicted octanol–water partition coefficient (Wildman–Crippen LogP) is 4.25. The molecular weight excluding hydrogens is 442 g/mol. The summed E-state index contributed by atoms with van der Waals surface area (Å²) < 4.78 is 43.8. The first-order chi connectivity index (χ1) is 14.2. The standard InChI is InChI=1S/C18H10Cl2F3N7/c19-15-2-11(3-16(20)29-15)17(18(21,22)23)4-13(27-7-17)12-1-10(5-24)14(6-26-12)30-9-25-8-28-30/h1-3,6-9,13H,4H2. The van der Waals surface area contributed by atoms with Crippen LogP contribution in [-0.2, 0) is 5.41 Å². The molecule has 2 atom stereocenters. The molecule has 0 radical (unpaired) electrons. The van der Waals surface area contributed by atoms with Crippen LogP contribution in [0.1, 0.15) is 29.3 Å². The number of nitriles is 1. The minimum Gasteiger partial charge on any atom is -0.286 e. The molecule has 0 aromatic carbocycles. The van der Waals surface area contributed by atoms with Gasteiger partial charge in [-0.3, -0.25) is 9.98 Å². The average Bonchev–Trinajstić information content (AvgIpc) is 3.37. The van der Waals surface area contributed by atoms with Crippen LogP contribution in [0.5, 0.6) is 0 Å². The van der Waals surface area contributed by atoms with Crippen molar-refractivity contribution < 1.29 is 13.2 Å². The molecule has 30 heavy (non-hydrogen) atoms. The SMILES string of the molecule is N#Cc1cc(C2CC(c3cc(Cl)nc(Cl)c3)(C(F)(F)F)C=N2)ncc1-n1cncn1. The van der Waals surface area contributed by atoms with Crippen molar-refractivity contribution in [3.05, 3.63) is 64.2 Å². The number of hydrogen-bond acceptors (Lipinski definition) is 6. The summed E-state index contributed by atoms with van der Waals surface area (Å²) in [6.07, 6.45) is -0.244. The monoisotopic (exact) mass is 451 g/mol. The topological polar surface area (TPSA) is 92.6 Å². The van der Waals surface area contributed by atoms with Gasteiger partial charge in [0, 0.05) is 6.21 Å². The van der Waals surface area contributed by atoms with Gasteiger partial charge in [0.05, 0.1) is 23.5 Å². The summed E-state index contributed by atoms with van der Waals surface area (Å²) >= 11 is 11.7. The van der Waals surface area contributed by atoms with Gasteiger partial charge in [0.25, 0.3) is 0 Å². The smallest absolute Gasteiger partial charge is 0.286 e. The molecule has 1 aliphatic rings. The van der Waals surface area contributed by atoms with Crippen LogP contribution in [0, 0.1) is 11.3 Å². The lowest BCUT2D eigenvalue weighted by Gasteiger charge is -2.30. The molecule has 152 valence electrons. The summed E-state index contributed by atoms with van der Waals surface area (Å²) in [7, 11) is 0. The van der Waals surface area contributed by atoms with E-state index >= 15 is 0 Å². The van der Waals surface area contributed by atoms with Crippen LogP contribution in [0.3, 0.4) is 0 Å². The molecule has 0 N–H and O–H groups in total. The summed E-state index contributed by atoms with van der Waals surface area (Å²) in [6.45, 7) is 0. The molecule has 3 aromatic rings. The fraction of sp³-hybridized carbons (Fsp3) is 0.222.